The number of halogens is 4. The smallest absolute Gasteiger partial charge is 0.316 e. The molecule has 0 fully saturated rings. The third-order valence-electron chi connectivity index (χ3n) is 3.45. The second-order valence-corrected chi connectivity index (χ2v) is 4.77. The summed E-state index contributed by atoms with van der Waals surface area (Å²) in [6.07, 6.45) is -3.12. The Morgan fingerprint density at radius 1 is 1.10 bits per heavy atom. The summed E-state index contributed by atoms with van der Waals surface area (Å²) >= 11 is 0. The molecule has 2 rings (SSSR count). The van der Waals surface area contributed by atoms with Gasteiger partial charge in [0.2, 0.25) is 0 Å². The molecular formula is C15H14F4N2. The van der Waals surface area contributed by atoms with Crippen LogP contribution >= 0.6 is 0 Å². The van der Waals surface area contributed by atoms with Crippen LogP contribution in [0.25, 0.3) is 0 Å². The van der Waals surface area contributed by atoms with Crippen LogP contribution in [0, 0.1) is 5.82 Å². The molecule has 1 heterocycles. The Balaban J connectivity index is 2.52. The highest BCUT2D eigenvalue weighted by molar-refractivity contribution is 5.37. The molecule has 0 bridgehead atoms. The molecule has 0 aliphatic heterocycles. The fraction of sp³-hybridized carbons (Fsp3) is 0.267. The molecular weight excluding hydrogens is 284 g/mol. The van der Waals surface area contributed by atoms with Crippen molar-refractivity contribution in [2.24, 2.45) is 5.73 Å². The molecule has 1 unspecified atom stereocenters. The minimum absolute atomic E-state index is 0.291. The number of nitrogens with two attached hydrogens (primary N) is 1. The molecule has 112 valence electrons. The summed E-state index contributed by atoms with van der Waals surface area (Å²) in [5.41, 5.74) is 4.89. The van der Waals surface area contributed by atoms with Crippen molar-refractivity contribution in [3.63, 3.8) is 0 Å². The van der Waals surface area contributed by atoms with Gasteiger partial charge in [0.05, 0.1) is 23.0 Å². The summed E-state index contributed by atoms with van der Waals surface area (Å²) in [5, 5.41) is 0. The Morgan fingerprint density at radius 2 is 1.76 bits per heavy atom. The molecule has 1 aromatic carbocycles. The van der Waals surface area contributed by atoms with Crippen LogP contribution in [0.3, 0.4) is 0 Å². The average Bonchev–Trinajstić information content (AvgIpc) is 2.46. The summed E-state index contributed by atoms with van der Waals surface area (Å²) in [5.74, 6) is -0.527. The van der Waals surface area contributed by atoms with Gasteiger partial charge in [-0.05, 0) is 36.2 Å². The van der Waals surface area contributed by atoms with E-state index in [4.69, 9.17) is 5.73 Å². The Hall–Kier alpha value is -1.95. The van der Waals surface area contributed by atoms with E-state index in [1.165, 1.54) is 24.3 Å². The third kappa shape index (κ3) is 3.05. The first-order valence-corrected chi connectivity index (χ1v) is 6.36. The van der Waals surface area contributed by atoms with E-state index in [9.17, 15) is 17.6 Å². The molecule has 0 aliphatic rings. The maximum absolute atomic E-state index is 12.9. The zero-order chi connectivity index (χ0) is 15.7. The van der Waals surface area contributed by atoms with Crippen molar-refractivity contribution in [3.05, 3.63) is 65.2 Å². The minimum Gasteiger partial charge on any atom is -0.316 e. The Bertz CT molecular complexity index is 622. The van der Waals surface area contributed by atoms with E-state index in [1.54, 1.807) is 6.92 Å². The molecule has 0 aliphatic carbocycles. The molecule has 2 aromatic rings. The lowest BCUT2D eigenvalue weighted by atomic mass is 9.84. The molecule has 2 nitrogen and oxygen atoms in total. The molecule has 2 N–H and O–H groups in total. The molecule has 0 spiro atoms. The molecule has 0 saturated heterocycles. The van der Waals surface area contributed by atoms with Crippen LogP contribution in [0.4, 0.5) is 17.6 Å². The largest absolute Gasteiger partial charge is 0.416 e. The van der Waals surface area contributed by atoms with E-state index in [1.807, 2.05) is 0 Å². The van der Waals surface area contributed by atoms with Gasteiger partial charge in [-0.25, -0.2) is 4.39 Å². The number of nitrogens with zero attached hydrogens (tertiary/aromatic N) is 1. The normalized spacial score (nSPS) is 14.8. The summed E-state index contributed by atoms with van der Waals surface area (Å²) in [4.78, 5) is 3.91. The summed E-state index contributed by atoms with van der Waals surface area (Å²) < 4.78 is 51.4. The third-order valence-corrected chi connectivity index (χ3v) is 3.45. The van der Waals surface area contributed by atoms with Gasteiger partial charge in [-0.3, -0.25) is 4.98 Å². The van der Waals surface area contributed by atoms with Crippen LogP contribution in [-0.4, -0.2) is 4.98 Å². The summed E-state index contributed by atoms with van der Waals surface area (Å²) in [7, 11) is 0. The maximum Gasteiger partial charge on any atom is 0.416 e. The molecule has 1 aromatic heterocycles. The van der Waals surface area contributed by atoms with E-state index < -0.39 is 23.1 Å². The number of rotatable bonds is 3. The predicted molar refractivity (Wildman–Crippen MR) is 70.9 cm³/mol. The molecule has 0 amide bonds. The standard InChI is InChI=1S/C15H14F4N2/c1-2-14(20,13-7-6-12(16)9-21-13)10-4-3-5-11(8-10)15(17,18)19/h3-9H,2,20H2,1H3. The maximum atomic E-state index is 12.9. The predicted octanol–water partition coefficient (Wildman–Crippen LogP) is 3.85. The van der Waals surface area contributed by atoms with Crippen molar-refractivity contribution >= 4 is 0 Å². The van der Waals surface area contributed by atoms with E-state index in [2.05, 4.69) is 4.98 Å². The van der Waals surface area contributed by atoms with Gasteiger partial charge in [0.25, 0.3) is 0 Å². The summed E-state index contributed by atoms with van der Waals surface area (Å²) in [6.45, 7) is 1.74. The monoisotopic (exact) mass is 298 g/mol. The number of alkyl halides is 3. The molecule has 1 atom stereocenters. The van der Waals surface area contributed by atoms with Gasteiger partial charge >= 0.3 is 6.18 Å². The van der Waals surface area contributed by atoms with E-state index in [0.717, 1.165) is 18.3 Å². The van der Waals surface area contributed by atoms with Crippen LogP contribution in [0.5, 0.6) is 0 Å². The van der Waals surface area contributed by atoms with Gasteiger partial charge in [-0.2, -0.15) is 13.2 Å². The number of benzene rings is 1. The topological polar surface area (TPSA) is 38.9 Å². The molecule has 21 heavy (non-hydrogen) atoms. The lowest BCUT2D eigenvalue weighted by Gasteiger charge is -2.29. The van der Waals surface area contributed by atoms with Crippen LogP contribution in [0.1, 0.15) is 30.2 Å². The van der Waals surface area contributed by atoms with E-state index in [-0.39, 0.29) is 0 Å². The highest BCUT2D eigenvalue weighted by atomic mass is 19.4. The first kappa shape index (κ1) is 15.4. The van der Waals surface area contributed by atoms with Crippen molar-refractivity contribution in [1.29, 1.82) is 0 Å². The molecule has 6 heteroatoms. The van der Waals surface area contributed by atoms with Crippen molar-refractivity contribution in [3.8, 4) is 0 Å². The fourth-order valence-corrected chi connectivity index (χ4v) is 2.15. The number of hydrogen-bond donors (Lipinski definition) is 1. The first-order chi connectivity index (χ1) is 9.77. The van der Waals surface area contributed by atoms with Gasteiger partial charge in [0.15, 0.2) is 0 Å². The van der Waals surface area contributed by atoms with Crippen LogP contribution in [-0.2, 0) is 11.7 Å². The Labute approximate surface area is 119 Å². The van der Waals surface area contributed by atoms with Crippen LogP contribution in [0.2, 0.25) is 0 Å². The van der Waals surface area contributed by atoms with Gasteiger partial charge in [-0.1, -0.05) is 19.1 Å². The van der Waals surface area contributed by atoms with Crippen molar-refractivity contribution < 1.29 is 17.6 Å². The second kappa shape index (κ2) is 5.44. The van der Waals surface area contributed by atoms with Crippen LogP contribution in [0.15, 0.2) is 42.6 Å². The van der Waals surface area contributed by atoms with E-state index in [0.29, 0.717) is 17.7 Å². The van der Waals surface area contributed by atoms with Crippen molar-refractivity contribution in [2.45, 2.75) is 25.1 Å². The van der Waals surface area contributed by atoms with Gasteiger partial charge in [0, 0.05) is 0 Å². The van der Waals surface area contributed by atoms with Crippen LogP contribution < -0.4 is 5.73 Å². The van der Waals surface area contributed by atoms with Gasteiger partial charge in [-0.15, -0.1) is 0 Å². The lowest BCUT2D eigenvalue weighted by Crippen LogP contribution is -2.38. The number of pyridine rings is 1. The Morgan fingerprint density at radius 3 is 2.29 bits per heavy atom. The zero-order valence-electron chi connectivity index (χ0n) is 11.3. The molecule has 0 saturated carbocycles. The average molecular weight is 298 g/mol. The lowest BCUT2D eigenvalue weighted by molar-refractivity contribution is -0.137. The summed E-state index contributed by atoms with van der Waals surface area (Å²) in [6, 6.07) is 7.39. The minimum atomic E-state index is -4.44. The number of hydrogen-bond acceptors (Lipinski definition) is 2. The highest BCUT2D eigenvalue weighted by Gasteiger charge is 2.34. The first-order valence-electron chi connectivity index (χ1n) is 6.36. The van der Waals surface area contributed by atoms with Gasteiger partial charge < -0.3 is 5.73 Å². The van der Waals surface area contributed by atoms with Crippen molar-refractivity contribution in [1.82, 2.24) is 4.98 Å². The highest BCUT2D eigenvalue weighted by Crippen LogP contribution is 2.34. The fourth-order valence-electron chi connectivity index (χ4n) is 2.15. The Kier molecular flexibility index (Phi) is 4.00. The second-order valence-electron chi connectivity index (χ2n) is 4.77. The molecule has 0 radical (unpaired) electrons. The van der Waals surface area contributed by atoms with Gasteiger partial charge in [0.1, 0.15) is 5.82 Å². The van der Waals surface area contributed by atoms with E-state index >= 15 is 0 Å². The SMILES string of the molecule is CCC(N)(c1cccc(C(F)(F)F)c1)c1ccc(F)cn1. The number of aromatic nitrogens is 1. The zero-order valence-corrected chi connectivity index (χ0v) is 11.3. The van der Waals surface area contributed by atoms with Crippen molar-refractivity contribution in [2.75, 3.05) is 0 Å². The quantitative estimate of drug-likeness (QED) is 0.874.